The van der Waals surface area contributed by atoms with Crippen molar-refractivity contribution in [1.29, 1.82) is 0 Å². The third kappa shape index (κ3) is 7.47. The zero-order chi connectivity index (χ0) is 21.9. The summed E-state index contributed by atoms with van der Waals surface area (Å²) < 4.78 is 26.4. The fourth-order valence-corrected chi connectivity index (χ4v) is 2.79. The minimum Gasteiger partial charge on any atom is -0.313 e. The van der Waals surface area contributed by atoms with Crippen molar-refractivity contribution >= 4 is 5.70 Å². The maximum Gasteiger partial charge on any atom is 0.325 e. The highest BCUT2D eigenvalue weighted by Crippen LogP contribution is 2.14. The van der Waals surface area contributed by atoms with Crippen LogP contribution in [0.3, 0.4) is 0 Å². The molecule has 0 saturated heterocycles. The smallest absolute Gasteiger partial charge is 0.313 e. The first-order valence-electron chi connectivity index (χ1n) is 9.98. The number of azo groups is 1. The van der Waals surface area contributed by atoms with Crippen LogP contribution in [0.1, 0.15) is 50.7 Å². The third-order valence-corrected chi connectivity index (χ3v) is 4.41. The van der Waals surface area contributed by atoms with Gasteiger partial charge in [-0.25, -0.2) is 13.6 Å². The summed E-state index contributed by atoms with van der Waals surface area (Å²) in [5, 5.41) is 11.6. The number of hydrogen-bond donors (Lipinski definition) is 3. The van der Waals surface area contributed by atoms with Crippen molar-refractivity contribution in [1.82, 2.24) is 15.3 Å². The lowest BCUT2D eigenvalue weighted by molar-refractivity contribution is 0.538. The molecule has 2 aromatic rings. The standard InChI is InChI=1S/C21H27F2N5O2/c1-3-6-19(17-13-25-21(30)26-20(17)29)28-27-14(2)7-4-5-10-24-12-15-8-9-16(22)11-18(15)23/h6,8-9,11,13-14,24H,3-5,7,10,12H2,1-2H3,(H2,25,26,29,30)/b19-6-,28-27?. The van der Waals surface area contributed by atoms with Crippen LogP contribution in [0.5, 0.6) is 0 Å². The molecule has 0 saturated carbocycles. The van der Waals surface area contributed by atoms with Crippen molar-refractivity contribution in [2.45, 2.75) is 52.1 Å². The molecule has 1 unspecified atom stereocenters. The Morgan fingerprint density at radius 3 is 2.77 bits per heavy atom. The number of rotatable bonds is 11. The van der Waals surface area contributed by atoms with Gasteiger partial charge in [0.2, 0.25) is 0 Å². The van der Waals surface area contributed by atoms with Gasteiger partial charge in [0.05, 0.1) is 17.3 Å². The van der Waals surface area contributed by atoms with E-state index in [0.717, 1.165) is 25.3 Å². The van der Waals surface area contributed by atoms with E-state index in [1.54, 1.807) is 6.08 Å². The normalized spacial score (nSPS) is 13.1. The van der Waals surface area contributed by atoms with Crippen molar-refractivity contribution in [2.24, 2.45) is 10.2 Å². The molecule has 0 bridgehead atoms. The van der Waals surface area contributed by atoms with Gasteiger partial charge in [-0.3, -0.25) is 9.78 Å². The predicted molar refractivity (Wildman–Crippen MR) is 112 cm³/mol. The summed E-state index contributed by atoms with van der Waals surface area (Å²) in [6.07, 6.45) is 6.35. The van der Waals surface area contributed by atoms with E-state index >= 15 is 0 Å². The van der Waals surface area contributed by atoms with Crippen LogP contribution in [0.2, 0.25) is 0 Å². The second kappa shape index (κ2) is 11.9. The van der Waals surface area contributed by atoms with Crippen LogP contribution in [0.25, 0.3) is 5.70 Å². The van der Waals surface area contributed by atoms with Crippen LogP contribution in [0, 0.1) is 11.6 Å². The summed E-state index contributed by atoms with van der Waals surface area (Å²) in [6.45, 7) is 4.91. The number of nitrogens with one attached hydrogen (secondary N) is 3. The third-order valence-electron chi connectivity index (χ3n) is 4.41. The second-order valence-corrected chi connectivity index (χ2v) is 6.96. The first-order chi connectivity index (χ1) is 14.4. The number of nitrogens with zero attached hydrogens (tertiary/aromatic N) is 2. The molecule has 9 heteroatoms. The maximum atomic E-state index is 13.6. The molecule has 0 amide bonds. The summed E-state index contributed by atoms with van der Waals surface area (Å²) in [5.41, 5.74) is 0.0509. The van der Waals surface area contributed by atoms with Crippen molar-refractivity contribution < 1.29 is 8.78 Å². The second-order valence-electron chi connectivity index (χ2n) is 6.96. The van der Waals surface area contributed by atoms with Crippen LogP contribution in [-0.2, 0) is 6.54 Å². The zero-order valence-corrected chi connectivity index (χ0v) is 17.2. The number of aromatic amines is 2. The van der Waals surface area contributed by atoms with Crippen LogP contribution < -0.4 is 16.6 Å². The monoisotopic (exact) mass is 419 g/mol. The van der Waals surface area contributed by atoms with E-state index in [0.29, 0.717) is 30.8 Å². The van der Waals surface area contributed by atoms with E-state index in [9.17, 15) is 18.4 Å². The number of H-pyrrole nitrogens is 2. The van der Waals surface area contributed by atoms with Crippen molar-refractivity contribution in [2.75, 3.05) is 6.54 Å². The molecule has 1 aromatic carbocycles. The SMILES string of the molecule is CC/C=C(\N=NC(C)CCCCNCc1ccc(F)cc1F)c1c[nH]c(=O)[nH]c1=O. The molecule has 0 fully saturated rings. The summed E-state index contributed by atoms with van der Waals surface area (Å²) in [6, 6.07) is 3.53. The Bertz CT molecular complexity index is 997. The average molecular weight is 419 g/mol. The molecule has 0 spiro atoms. The largest absolute Gasteiger partial charge is 0.325 e. The predicted octanol–water partition coefficient (Wildman–Crippen LogP) is 3.89. The van der Waals surface area contributed by atoms with E-state index in [-0.39, 0.29) is 11.6 Å². The highest BCUT2D eigenvalue weighted by Gasteiger charge is 2.08. The molecular formula is C21H27F2N5O2. The van der Waals surface area contributed by atoms with Crippen LogP contribution in [0.15, 0.2) is 50.3 Å². The Morgan fingerprint density at radius 1 is 1.27 bits per heavy atom. The fourth-order valence-electron chi connectivity index (χ4n) is 2.79. The molecule has 0 aliphatic rings. The number of unbranched alkanes of at least 4 members (excludes halogenated alkanes) is 1. The molecule has 7 nitrogen and oxygen atoms in total. The maximum absolute atomic E-state index is 13.6. The molecule has 1 atom stereocenters. The Morgan fingerprint density at radius 2 is 2.07 bits per heavy atom. The van der Waals surface area contributed by atoms with Gasteiger partial charge in [0, 0.05) is 24.4 Å². The molecule has 2 rings (SSSR count). The van der Waals surface area contributed by atoms with Gasteiger partial charge in [0.25, 0.3) is 5.56 Å². The van der Waals surface area contributed by atoms with Crippen LogP contribution in [-0.4, -0.2) is 22.6 Å². The van der Waals surface area contributed by atoms with Gasteiger partial charge >= 0.3 is 5.69 Å². The zero-order valence-electron chi connectivity index (χ0n) is 17.2. The lowest BCUT2D eigenvalue weighted by Gasteiger charge is -2.08. The van der Waals surface area contributed by atoms with Gasteiger partial charge in [-0.1, -0.05) is 25.5 Å². The number of halogens is 2. The minimum absolute atomic E-state index is 0.0401. The summed E-state index contributed by atoms with van der Waals surface area (Å²) in [7, 11) is 0. The van der Waals surface area contributed by atoms with Crippen molar-refractivity contribution in [3.8, 4) is 0 Å². The van der Waals surface area contributed by atoms with Crippen molar-refractivity contribution in [3.63, 3.8) is 0 Å². The van der Waals surface area contributed by atoms with Gasteiger partial charge in [0.1, 0.15) is 11.6 Å². The number of benzene rings is 1. The molecule has 1 heterocycles. The van der Waals surface area contributed by atoms with Gasteiger partial charge in [-0.05, 0) is 38.8 Å². The molecule has 30 heavy (non-hydrogen) atoms. The number of aromatic nitrogens is 2. The molecule has 3 N–H and O–H groups in total. The molecule has 0 aliphatic heterocycles. The van der Waals surface area contributed by atoms with Crippen LogP contribution >= 0.6 is 0 Å². The fraction of sp³-hybridized carbons (Fsp3) is 0.429. The quantitative estimate of drug-likeness (QED) is 0.380. The highest BCUT2D eigenvalue weighted by molar-refractivity contribution is 5.62. The molecule has 162 valence electrons. The molecule has 0 radical (unpaired) electrons. The van der Waals surface area contributed by atoms with E-state index < -0.39 is 22.9 Å². The Kier molecular flexibility index (Phi) is 9.27. The van der Waals surface area contributed by atoms with Gasteiger partial charge < -0.3 is 10.3 Å². The van der Waals surface area contributed by atoms with Gasteiger partial charge in [-0.15, -0.1) is 0 Å². The molecule has 0 aliphatic carbocycles. The Labute approximate surface area is 173 Å². The topological polar surface area (TPSA) is 102 Å². The van der Waals surface area contributed by atoms with E-state index in [1.165, 1.54) is 18.3 Å². The lowest BCUT2D eigenvalue weighted by Crippen LogP contribution is -2.24. The van der Waals surface area contributed by atoms with Crippen molar-refractivity contribution in [3.05, 3.63) is 74.1 Å². The first kappa shape index (κ1) is 23.3. The van der Waals surface area contributed by atoms with E-state index in [1.807, 2.05) is 13.8 Å². The highest BCUT2D eigenvalue weighted by atomic mass is 19.1. The van der Waals surface area contributed by atoms with Gasteiger partial charge in [-0.2, -0.15) is 10.2 Å². The van der Waals surface area contributed by atoms with E-state index in [4.69, 9.17) is 0 Å². The Hall–Kier alpha value is -2.94. The molecular weight excluding hydrogens is 392 g/mol. The van der Waals surface area contributed by atoms with Crippen LogP contribution in [0.4, 0.5) is 8.78 Å². The molecule has 1 aromatic heterocycles. The number of hydrogen-bond acceptors (Lipinski definition) is 5. The lowest BCUT2D eigenvalue weighted by atomic mass is 10.1. The summed E-state index contributed by atoms with van der Waals surface area (Å²) >= 11 is 0. The van der Waals surface area contributed by atoms with E-state index in [2.05, 4.69) is 25.5 Å². The average Bonchev–Trinajstić information content (AvgIpc) is 2.69. The number of allylic oxidation sites excluding steroid dienone is 1. The minimum atomic E-state index is -0.582. The first-order valence-corrected chi connectivity index (χ1v) is 9.98. The summed E-state index contributed by atoms with van der Waals surface area (Å²) in [4.78, 5) is 27.7. The summed E-state index contributed by atoms with van der Waals surface area (Å²) in [5.74, 6) is -1.13. The Balaban J connectivity index is 1.76. The van der Waals surface area contributed by atoms with Gasteiger partial charge in [0.15, 0.2) is 0 Å².